The van der Waals surface area contributed by atoms with Crippen LogP contribution in [0.2, 0.25) is 0 Å². The van der Waals surface area contributed by atoms with Crippen LogP contribution in [0.3, 0.4) is 0 Å². The lowest BCUT2D eigenvalue weighted by Crippen LogP contribution is -2.47. The molecule has 3 rings (SSSR count). The van der Waals surface area contributed by atoms with Crippen LogP contribution in [0.25, 0.3) is 0 Å². The smallest absolute Gasteiger partial charge is 0.348 e. The molecule has 1 unspecified atom stereocenters. The Hall–Kier alpha value is -1.84. The second kappa shape index (κ2) is 11.3. The van der Waals surface area contributed by atoms with Crippen LogP contribution < -0.4 is 4.90 Å². The van der Waals surface area contributed by atoms with Crippen LogP contribution in [0.15, 0.2) is 6.07 Å². The van der Waals surface area contributed by atoms with Crippen LogP contribution in [0.5, 0.6) is 0 Å². The maximum Gasteiger partial charge on any atom is 0.348 e. The van der Waals surface area contributed by atoms with Gasteiger partial charge >= 0.3 is 5.97 Å². The van der Waals surface area contributed by atoms with Gasteiger partial charge in [0.05, 0.1) is 16.7 Å². The molecule has 1 heterocycles. The Bertz CT molecular complexity index is 851. The molecule has 0 bridgehead atoms. The Morgan fingerprint density at radius 2 is 1.81 bits per heavy atom. The van der Waals surface area contributed by atoms with Gasteiger partial charge in [-0.1, -0.05) is 39.0 Å². The van der Waals surface area contributed by atoms with Crippen LogP contribution in [0.4, 0.5) is 5.69 Å². The number of amides is 1. The van der Waals surface area contributed by atoms with Gasteiger partial charge in [0.1, 0.15) is 4.88 Å². The molecule has 0 radical (unpaired) electrons. The fourth-order valence-corrected chi connectivity index (χ4v) is 5.84. The normalized spacial score (nSPS) is 26.6. The number of carboxylic acids is 1. The van der Waals surface area contributed by atoms with E-state index in [9.17, 15) is 19.8 Å². The number of carboxylic acid groups (broad SMARTS) is 1. The first-order valence-electron chi connectivity index (χ1n) is 12.2. The average Bonchev–Trinajstić information content (AvgIpc) is 3.18. The monoisotopic (exact) mass is 459 g/mol. The van der Waals surface area contributed by atoms with E-state index >= 15 is 0 Å². The molecule has 6 heteroatoms. The lowest BCUT2D eigenvalue weighted by atomic mass is 9.81. The van der Waals surface area contributed by atoms with E-state index in [1.807, 2.05) is 6.07 Å². The second-order valence-corrected chi connectivity index (χ2v) is 10.8. The summed E-state index contributed by atoms with van der Waals surface area (Å²) < 4.78 is 0. The zero-order valence-corrected chi connectivity index (χ0v) is 20.4. The first-order valence-corrected chi connectivity index (χ1v) is 13.0. The number of aliphatic hydroxyl groups excluding tert-OH is 1. The van der Waals surface area contributed by atoms with Gasteiger partial charge in [0.15, 0.2) is 0 Å². The van der Waals surface area contributed by atoms with E-state index in [2.05, 4.69) is 32.6 Å². The summed E-state index contributed by atoms with van der Waals surface area (Å²) in [5.41, 5.74) is 0.500. The molecule has 0 aliphatic heterocycles. The lowest BCUT2D eigenvalue weighted by molar-refractivity contribution is -0.124. The van der Waals surface area contributed by atoms with E-state index < -0.39 is 5.97 Å². The average molecular weight is 460 g/mol. The van der Waals surface area contributed by atoms with Crippen molar-refractivity contribution < 1.29 is 19.8 Å². The van der Waals surface area contributed by atoms with Crippen LogP contribution in [0, 0.1) is 29.6 Å². The van der Waals surface area contributed by atoms with Gasteiger partial charge in [0, 0.05) is 17.9 Å². The summed E-state index contributed by atoms with van der Waals surface area (Å²) in [6, 6.07) is 1.74. The SMILES string of the molecule is CCCC(C)C#Cc1cc(N(C(=O)C2CCC(C)CC2)[C@H]2CC[C@H](O)CC2)c(C(=O)O)s1. The molecule has 2 saturated carbocycles. The van der Waals surface area contributed by atoms with Crippen molar-refractivity contribution in [2.45, 2.75) is 97.1 Å². The van der Waals surface area contributed by atoms with E-state index in [0.29, 0.717) is 42.2 Å². The van der Waals surface area contributed by atoms with E-state index in [1.165, 1.54) is 11.3 Å². The molecule has 2 N–H and O–H groups in total. The first kappa shape index (κ1) is 24.8. The molecule has 1 atom stereocenters. The third-order valence-electron chi connectivity index (χ3n) is 6.96. The number of hydrogen-bond donors (Lipinski definition) is 2. The number of nitrogens with zero attached hydrogens (tertiary/aromatic N) is 1. The third-order valence-corrected chi connectivity index (χ3v) is 7.99. The van der Waals surface area contributed by atoms with Gasteiger partial charge in [-0.05, 0) is 69.8 Å². The van der Waals surface area contributed by atoms with Crippen molar-refractivity contribution in [1.29, 1.82) is 0 Å². The molecule has 2 aliphatic carbocycles. The summed E-state index contributed by atoms with van der Waals surface area (Å²) in [6.07, 6.45) is 8.20. The summed E-state index contributed by atoms with van der Waals surface area (Å²) in [7, 11) is 0. The highest BCUT2D eigenvalue weighted by Gasteiger charge is 2.37. The van der Waals surface area contributed by atoms with Crippen molar-refractivity contribution in [3.8, 4) is 11.8 Å². The Kier molecular flexibility index (Phi) is 8.79. The van der Waals surface area contributed by atoms with Gasteiger partial charge < -0.3 is 15.1 Å². The summed E-state index contributed by atoms with van der Waals surface area (Å²) in [5.74, 6) is 6.27. The number of carbonyl (C=O) groups is 2. The Labute approximate surface area is 196 Å². The van der Waals surface area contributed by atoms with Crippen LogP contribution in [-0.2, 0) is 4.79 Å². The van der Waals surface area contributed by atoms with Crippen molar-refractivity contribution >= 4 is 28.9 Å². The Morgan fingerprint density at radius 1 is 1.16 bits per heavy atom. The minimum atomic E-state index is -1.01. The minimum Gasteiger partial charge on any atom is -0.477 e. The summed E-state index contributed by atoms with van der Waals surface area (Å²) in [5, 5.41) is 19.9. The van der Waals surface area contributed by atoms with Gasteiger partial charge in [0.2, 0.25) is 5.91 Å². The van der Waals surface area contributed by atoms with E-state index in [1.54, 1.807) is 4.90 Å². The number of anilines is 1. The molecule has 0 saturated heterocycles. The molecule has 1 aromatic rings. The molecule has 2 fully saturated rings. The molecule has 1 aromatic heterocycles. The highest BCUT2D eigenvalue weighted by molar-refractivity contribution is 7.15. The van der Waals surface area contributed by atoms with Crippen molar-refractivity contribution in [3.05, 3.63) is 15.8 Å². The van der Waals surface area contributed by atoms with Crippen molar-refractivity contribution in [2.24, 2.45) is 17.8 Å². The maximum absolute atomic E-state index is 13.8. The minimum absolute atomic E-state index is 0.0532. The van der Waals surface area contributed by atoms with Gasteiger partial charge in [0.25, 0.3) is 0 Å². The predicted octanol–water partition coefficient (Wildman–Crippen LogP) is 5.70. The highest BCUT2D eigenvalue weighted by Crippen LogP contribution is 2.38. The molecular formula is C26H37NO4S. The molecule has 176 valence electrons. The molecule has 1 amide bonds. The van der Waals surface area contributed by atoms with Crippen LogP contribution >= 0.6 is 11.3 Å². The summed E-state index contributed by atoms with van der Waals surface area (Å²) in [4.78, 5) is 28.6. The third kappa shape index (κ3) is 6.14. The molecule has 0 aromatic carbocycles. The van der Waals surface area contributed by atoms with E-state index in [4.69, 9.17) is 0 Å². The highest BCUT2D eigenvalue weighted by atomic mass is 32.1. The summed E-state index contributed by atoms with van der Waals surface area (Å²) >= 11 is 1.17. The fraction of sp³-hybridized carbons (Fsp3) is 0.692. The van der Waals surface area contributed by atoms with E-state index in [0.717, 1.165) is 38.5 Å². The predicted molar refractivity (Wildman–Crippen MR) is 129 cm³/mol. The first-order chi connectivity index (χ1) is 15.3. The van der Waals surface area contributed by atoms with Gasteiger partial charge in [-0.3, -0.25) is 4.79 Å². The van der Waals surface area contributed by atoms with Gasteiger partial charge in [-0.2, -0.15) is 0 Å². The number of hydrogen-bond acceptors (Lipinski definition) is 4. The molecule has 2 aliphatic rings. The Balaban J connectivity index is 1.95. The maximum atomic E-state index is 13.8. The standard InChI is InChI=1S/C26H37NO4S/c1-4-5-17(2)8-15-22-16-23(24(32-22)26(30)31)27(20-11-13-21(28)14-12-20)25(29)19-9-6-18(3)7-10-19/h16-21,28H,4-7,9-14H2,1-3H3,(H,30,31)/t17?,18?,19?,20-,21-. The summed E-state index contributed by atoms with van der Waals surface area (Å²) in [6.45, 7) is 6.43. The quantitative estimate of drug-likeness (QED) is 0.535. The van der Waals surface area contributed by atoms with E-state index in [-0.39, 0.29) is 34.8 Å². The lowest BCUT2D eigenvalue weighted by Gasteiger charge is -2.38. The van der Waals surface area contributed by atoms with Gasteiger partial charge in [-0.25, -0.2) is 4.79 Å². The van der Waals surface area contributed by atoms with Crippen LogP contribution in [0.1, 0.15) is 99.5 Å². The number of aromatic carboxylic acids is 1. The topological polar surface area (TPSA) is 77.8 Å². The largest absolute Gasteiger partial charge is 0.477 e. The number of carbonyl (C=O) groups excluding carboxylic acids is 1. The molecule has 5 nitrogen and oxygen atoms in total. The number of aliphatic hydroxyl groups is 1. The zero-order chi connectivity index (χ0) is 23.3. The van der Waals surface area contributed by atoms with Crippen molar-refractivity contribution in [1.82, 2.24) is 0 Å². The second-order valence-electron chi connectivity index (χ2n) is 9.72. The Morgan fingerprint density at radius 3 is 2.41 bits per heavy atom. The fourth-order valence-electron chi connectivity index (χ4n) is 4.99. The van der Waals surface area contributed by atoms with Crippen molar-refractivity contribution in [2.75, 3.05) is 4.90 Å². The zero-order valence-electron chi connectivity index (χ0n) is 19.6. The molecular weight excluding hydrogens is 422 g/mol. The molecule has 32 heavy (non-hydrogen) atoms. The van der Waals surface area contributed by atoms with Gasteiger partial charge in [-0.15, -0.1) is 11.3 Å². The number of rotatable bonds is 6. The van der Waals surface area contributed by atoms with Crippen LogP contribution in [-0.4, -0.2) is 34.2 Å². The molecule has 0 spiro atoms. The van der Waals surface area contributed by atoms with Crippen molar-refractivity contribution in [3.63, 3.8) is 0 Å². The number of thiophene rings is 1.